The number of nitrogen functional groups attached to an aromatic ring is 1. The summed E-state index contributed by atoms with van der Waals surface area (Å²) in [7, 11) is 0. The van der Waals surface area contributed by atoms with Crippen LogP contribution in [0, 0.1) is 19.7 Å². The minimum absolute atomic E-state index is 0.217. The zero-order chi connectivity index (χ0) is 14.5. The van der Waals surface area contributed by atoms with E-state index in [4.69, 9.17) is 5.84 Å². The summed E-state index contributed by atoms with van der Waals surface area (Å²) in [6, 6.07) is 6.58. The van der Waals surface area contributed by atoms with E-state index in [0.717, 1.165) is 16.9 Å². The number of benzene rings is 1. The summed E-state index contributed by atoms with van der Waals surface area (Å²) in [6.45, 7) is 4.35. The lowest BCUT2D eigenvalue weighted by Gasteiger charge is -2.12. The summed E-state index contributed by atoms with van der Waals surface area (Å²) in [6.07, 6.45) is 0.714. The second-order valence-electron chi connectivity index (χ2n) is 4.54. The largest absolute Gasteiger partial charge is 0.369 e. The summed E-state index contributed by atoms with van der Waals surface area (Å²) >= 11 is 0. The number of aryl methyl sites for hydroxylation is 1. The first kappa shape index (κ1) is 14.2. The Morgan fingerprint density at radius 3 is 2.65 bits per heavy atom. The number of nitrogens with two attached hydrogens (primary N) is 1. The van der Waals surface area contributed by atoms with Gasteiger partial charge >= 0.3 is 0 Å². The highest BCUT2D eigenvalue weighted by Crippen LogP contribution is 2.18. The molecule has 0 saturated heterocycles. The number of nitrogens with one attached hydrogen (secondary N) is 2. The van der Waals surface area contributed by atoms with E-state index in [-0.39, 0.29) is 5.82 Å². The molecule has 20 heavy (non-hydrogen) atoms. The average Bonchev–Trinajstić information content (AvgIpc) is 2.42. The van der Waals surface area contributed by atoms with Crippen LogP contribution in [0.2, 0.25) is 0 Å². The number of hydrazine groups is 1. The topological polar surface area (TPSA) is 75.9 Å². The second kappa shape index (κ2) is 6.29. The van der Waals surface area contributed by atoms with Crippen LogP contribution in [-0.4, -0.2) is 16.5 Å². The van der Waals surface area contributed by atoms with Gasteiger partial charge in [0.1, 0.15) is 23.3 Å². The Balaban J connectivity index is 2.02. The first-order valence-electron chi connectivity index (χ1n) is 6.40. The number of anilines is 2. The standard InChI is InChI=1S/C14H18FN5/c1-9-13(18-10(2)19-14(9)20-16)17-7-6-11-4-3-5-12(15)8-11/h3-5,8H,6-7,16H2,1-2H3,(H2,17,18,19,20). The zero-order valence-corrected chi connectivity index (χ0v) is 11.6. The number of hydrogen-bond donors (Lipinski definition) is 3. The van der Waals surface area contributed by atoms with Gasteiger partial charge < -0.3 is 10.7 Å². The van der Waals surface area contributed by atoms with E-state index in [1.54, 1.807) is 13.0 Å². The molecule has 0 spiro atoms. The fraction of sp³-hybridized carbons (Fsp3) is 0.286. The minimum atomic E-state index is -0.217. The highest BCUT2D eigenvalue weighted by Gasteiger charge is 2.07. The van der Waals surface area contributed by atoms with Crippen molar-refractivity contribution in [3.05, 3.63) is 47.0 Å². The maximum absolute atomic E-state index is 13.1. The van der Waals surface area contributed by atoms with Crippen LogP contribution in [0.25, 0.3) is 0 Å². The Morgan fingerprint density at radius 2 is 1.95 bits per heavy atom. The lowest BCUT2D eigenvalue weighted by atomic mass is 10.1. The number of hydrogen-bond acceptors (Lipinski definition) is 5. The van der Waals surface area contributed by atoms with Crippen LogP contribution in [0.15, 0.2) is 24.3 Å². The van der Waals surface area contributed by atoms with Gasteiger partial charge in [-0.1, -0.05) is 12.1 Å². The van der Waals surface area contributed by atoms with Gasteiger partial charge in [0, 0.05) is 12.1 Å². The first-order valence-corrected chi connectivity index (χ1v) is 6.40. The third kappa shape index (κ3) is 3.42. The quantitative estimate of drug-likeness (QED) is 0.576. The molecule has 4 N–H and O–H groups in total. The van der Waals surface area contributed by atoms with Crippen LogP contribution in [0.5, 0.6) is 0 Å². The van der Waals surface area contributed by atoms with Gasteiger partial charge in [0.15, 0.2) is 0 Å². The van der Waals surface area contributed by atoms with Crippen molar-refractivity contribution in [2.75, 3.05) is 17.3 Å². The number of nitrogens with zero attached hydrogens (tertiary/aromatic N) is 2. The van der Waals surface area contributed by atoms with Crippen LogP contribution in [0.1, 0.15) is 17.0 Å². The van der Waals surface area contributed by atoms with Crippen molar-refractivity contribution >= 4 is 11.6 Å². The molecule has 0 radical (unpaired) electrons. The average molecular weight is 275 g/mol. The van der Waals surface area contributed by atoms with Crippen molar-refractivity contribution in [1.29, 1.82) is 0 Å². The normalized spacial score (nSPS) is 10.4. The van der Waals surface area contributed by atoms with Gasteiger partial charge in [0.25, 0.3) is 0 Å². The van der Waals surface area contributed by atoms with E-state index in [2.05, 4.69) is 20.7 Å². The molecule has 2 aromatic rings. The molecule has 0 fully saturated rings. The Kier molecular flexibility index (Phi) is 4.47. The molecule has 0 saturated carbocycles. The molecule has 0 amide bonds. The smallest absolute Gasteiger partial charge is 0.148 e. The third-order valence-electron chi connectivity index (χ3n) is 2.99. The molecule has 0 bridgehead atoms. The highest BCUT2D eigenvalue weighted by molar-refractivity contribution is 5.56. The van der Waals surface area contributed by atoms with Gasteiger partial charge in [-0.2, -0.15) is 0 Å². The molecule has 6 heteroatoms. The maximum Gasteiger partial charge on any atom is 0.148 e. The Hall–Kier alpha value is -2.21. The van der Waals surface area contributed by atoms with Crippen LogP contribution >= 0.6 is 0 Å². The van der Waals surface area contributed by atoms with E-state index in [0.29, 0.717) is 24.6 Å². The Labute approximate surface area is 117 Å². The lowest BCUT2D eigenvalue weighted by Crippen LogP contribution is -2.15. The van der Waals surface area contributed by atoms with Crippen LogP contribution in [0.4, 0.5) is 16.0 Å². The molecule has 5 nitrogen and oxygen atoms in total. The predicted molar refractivity (Wildman–Crippen MR) is 77.9 cm³/mol. The first-order chi connectivity index (χ1) is 9.60. The third-order valence-corrected chi connectivity index (χ3v) is 2.99. The van der Waals surface area contributed by atoms with Crippen LogP contribution in [-0.2, 0) is 6.42 Å². The van der Waals surface area contributed by atoms with Crippen LogP contribution < -0.4 is 16.6 Å². The summed E-state index contributed by atoms with van der Waals surface area (Å²) in [5, 5.41) is 3.23. The van der Waals surface area contributed by atoms with E-state index in [1.165, 1.54) is 12.1 Å². The second-order valence-corrected chi connectivity index (χ2v) is 4.54. The Bertz CT molecular complexity index is 600. The Morgan fingerprint density at radius 1 is 1.20 bits per heavy atom. The predicted octanol–water partition coefficient (Wildman–Crippen LogP) is 2.17. The SMILES string of the molecule is Cc1nc(NN)c(C)c(NCCc2cccc(F)c2)n1. The molecule has 2 rings (SSSR count). The summed E-state index contributed by atoms with van der Waals surface area (Å²) in [4.78, 5) is 8.53. The van der Waals surface area contributed by atoms with Gasteiger partial charge in [-0.05, 0) is 38.0 Å². The van der Waals surface area contributed by atoms with E-state index < -0.39 is 0 Å². The molecule has 0 unspecified atom stereocenters. The molecule has 0 aliphatic heterocycles. The van der Waals surface area contributed by atoms with Gasteiger partial charge in [-0.15, -0.1) is 0 Å². The summed E-state index contributed by atoms with van der Waals surface area (Å²) < 4.78 is 13.1. The molecular formula is C14H18FN5. The zero-order valence-electron chi connectivity index (χ0n) is 11.6. The van der Waals surface area contributed by atoms with Crippen molar-refractivity contribution < 1.29 is 4.39 Å². The van der Waals surface area contributed by atoms with E-state index in [1.807, 2.05) is 13.0 Å². The fourth-order valence-electron chi connectivity index (χ4n) is 1.96. The molecule has 0 aliphatic rings. The molecule has 106 valence electrons. The monoisotopic (exact) mass is 275 g/mol. The molecule has 0 aliphatic carbocycles. The number of halogens is 1. The van der Waals surface area contributed by atoms with Crippen LogP contribution in [0.3, 0.4) is 0 Å². The van der Waals surface area contributed by atoms with Gasteiger partial charge in [0.2, 0.25) is 0 Å². The van der Waals surface area contributed by atoms with Gasteiger partial charge in [0.05, 0.1) is 0 Å². The van der Waals surface area contributed by atoms with Crippen molar-refractivity contribution in [2.45, 2.75) is 20.3 Å². The molecule has 1 aromatic heterocycles. The highest BCUT2D eigenvalue weighted by atomic mass is 19.1. The van der Waals surface area contributed by atoms with Crippen molar-refractivity contribution in [3.63, 3.8) is 0 Å². The fourth-order valence-corrected chi connectivity index (χ4v) is 1.96. The molecule has 1 aromatic carbocycles. The van der Waals surface area contributed by atoms with E-state index in [9.17, 15) is 4.39 Å². The summed E-state index contributed by atoms with van der Waals surface area (Å²) in [5.41, 5.74) is 4.35. The molecule has 0 atom stereocenters. The van der Waals surface area contributed by atoms with Crippen molar-refractivity contribution in [1.82, 2.24) is 9.97 Å². The number of aromatic nitrogens is 2. The minimum Gasteiger partial charge on any atom is -0.369 e. The summed E-state index contributed by atoms with van der Waals surface area (Å²) in [5.74, 6) is 7.17. The van der Waals surface area contributed by atoms with E-state index >= 15 is 0 Å². The van der Waals surface area contributed by atoms with Gasteiger partial charge in [-0.3, -0.25) is 0 Å². The molecular weight excluding hydrogens is 257 g/mol. The van der Waals surface area contributed by atoms with Crippen molar-refractivity contribution in [3.8, 4) is 0 Å². The molecule has 1 heterocycles. The lowest BCUT2D eigenvalue weighted by molar-refractivity contribution is 0.625. The van der Waals surface area contributed by atoms with Gasteiger partial charge in [-0.25, -0.2) is 20.2 Å². The maximum atomic E-state index is 13.1. The van der Waals surface area contributed by atoms with Crippen molar-refractivity contribution in [2.24, 2.45) is 5.84 Å². The number of rotatable bonds is 5.